The molecule has 2 rings (SSSR count). The molecule has 1 N–H and O–H groups in total. The Morgan fingerprint density at radius 3 is 2.40 bits per heavy atom. The Hall–Kier alpha value is -1.90. The lowest BCUT2D eigenvalue weighted by Crippen LogP contribution is -1.97. The van der Waals surface area contributed by atoms with Crippen molar-refractivity contribution in [2.45, 2.75) is 13.8 Å². The molecule has 0 aliphatic carbocycles. The summed E-state index contributed by atoms with van der Waals surface area (Å²) in [6, 6.07) is 7.92. The van der Waals surface area contributed by atoms with Gasteiger partial charge in [0.05, 0.1) is 0 Å². The summed E-state index contributed by atoms with van der Waals surface area (Å²) in [6.45, 7) is 3.76. The second-order valence-corrected chi connectivity index (χ2v) is 3.52. The molecule has 0 radical (unpaired) electrons. The van der Waals surface area contributed by atoms with E-state index in [0.717, 1.165) is 17.1 Å². The van der Waals surface area contributed by atoms with Crippen LogP contribution in [0.2, 0.25) is 0 Å². The van der Waals surface area contributed by atoms with Crippen molar-refractivity contribution in [3.63, 3.8) is 0 Å². The summed E-state index contributed by atoms with van der Waals surface area (Å²) in [5.41, 5.74) is 2.62. The molecular formula is C12H13N3. The number of rotatable bonds is 2. The van der Waals surface area contributed by atoms with E-state index in [4.69, 9.17) is 5.41 Å². The first kappa shape index (κ1) is 9.65. The van der Waals surface area contributed by atoms with E-state index in [-0.39, 0.29) is 0 Å². The molecular weight excluding hydrogens is 186 g/mol. The number of aromatic nitrogens is 2. The van der Waals surface area contributed by atoms with Gasteiger partial charge in [0.25, 0.3) is 0 Å². The topological polar surface area (TPSA) is 41.7 Å². The van der Waals surface area contributed by atoms with E-state index in [2.05, 4.69) is 4.98 Å². The van der Waals surface area contributed by atoms with Crippen LogP contribution in [0.15, 0.2) is 36.7 Å². The van der Waals surface area contributed by atoms with Gasteiger partial charge in [-0.25, -0.2) is 4.98 Å². The standard InChI is InChI=1S/C12H13N3/c1-9(13)11-3-5-12(6-4-11)15-8-7-14-10(15)2/h3-8,13H,1-2H3. The largest absolute Gasteiger partial charge is 0.305 e. The molecule has 0 fully saturated rings. The lowest BCUT2D eigenvalue weighted by Gasteiger charge is -2.05. The van der Waals surface area contributed by atoms with Crippen LogP contribution in [0.4, 0.5) is 0 Å². The Balaban J connectivity index is 2.40. The van der Waals surface area contributed by atoms with Crippen molar-refractivity contribution < 1.29 is 0 Å². The van der Waals surface area contributed by atoms with Crippen LogP contribution in [0.25, 0.3) is 5.69 Å². The molecule has 0 aliphatic rings. The number of hydrogen-bond acceptors (Lipinski definition) is 2. The molecule has 2 aromatic rings. The highest BCUT2D eigenvalue weighted by atomic mass is 15.1. The summed E-state index contributed by atoms with van der Waals surface area (Å²) in [5, 5.41) is 7.50. The quantitative estimate of drug-likeness (QED) is 0.742. The van der Waals surface area contributed by atoms with E-state index in [0.29, 0.717) is 5.71 Å². The summed E-state index contributed by atoms with van der Waals surface area (Å²) >= 11 is 0. The van der Waals surface area contributed by atoms with Crippen molar-refractivity contribution in [2.24, 2.45) is 0 Å². The Morgan fingerprint density at radius 1 is 1.27 bits per heavy atom. The van der Waals surface area contributed by atoms with Gasteiger partial charge in [0.15, 0.2) is 0 Å². The van der Waals surface area contributed by atoms with E-state index in [1.165, 1.54) is 0 Å². The second kappa shape index (κ2) is 3.69. The fourth-order valence-corrected chi connectivity index (χ4v) is 1.52. The number of aryl methyl sites for hydroxylation is 1. The first-order valence-corrected chi connectivity index (χ1v) is 4.84. The molecule has 0 aliphatic heterocycles. The molecule has 0 saturated carbocycles. The average molecular weight is 199 g/mol. The van der Waals surface area contributed by atoms with Crippen molar-refractivity contribution in [3.05, 3.63) is 48.0 Å². The molecule has 0 unspecified atom stereocenters. The van der Waals surface area contributed by atoms with Crippen LogP contribution in [0.1, 0.15) is 18.3 Å². The maximum Gasteiger partial charge on any atom is 0.110 e. The third kappa shape index (κ3) is 1.81. The van der Waals surface area contributed by atoms with E-state index in [1.807, 2.05) is 42.0 Å². The lowest BCUT2D eigenvalue weighted by atomic mass is 10.1. The van der Waals surface area contributed by atoms with E-state index in [9.17, 15) is 0 Å². The minimum absolute atomic E-state index is 0.587. The monoisotopic (exact) mass is 199 g/mol. The van der Waals surface area contributed by atoms with Gasteiger partial charge in [-0.1, -0.05) is 12.1 Å². The van der Waals surface area contributed by atoms with E-state index >= 15 is 0 Å². The molecule has 1 aromatic carbocycles. The van der Waals surface area contributed by atoms with Crippen molar-refractivity contribution in [1.29, 1.82) is 5.41 Å². The van der Waals surface area contributed by atoms with Crippen LogP contribution in [-0.4, -0.2) is 15.3 Å². The smallest absolute Gasteiger partial charge is 0.110 e. The Bertz CT molecular complexity index is 480. The third-order valence-corrected chi connectivity index (χ3v) is 2.40. The minimum Gasteiger partial charge on any atom is -0.305 e. The molecule has 0 saturated heterocycles. The van der Waals surface area contributed by atoms with Gasteiger partial charge in [0.1, 0.15) is 5.82 Å². The summed E-state index contributed by atoms with van der Waals surface area (Å²) in [6.07, 6.45) is 3.71. The predicted molar refractivity (Wildman–Crippen MR) is 60.8 cm³/mol. The highest BCUT2D eigenvalue weighted by molar-refractivity contribution is 5.96. The Kier molecular flexibility index (Phi) is 2.37. The van der Waals surface area contributed by atoms with E-state index < -0.39 is 0 Å². The van der Waals surface area contributed by atoms with Gasteiger partial charge in [-0.15, -0.1) is 0 Å². The minimum atomic E-state index is 0.587. The van der Waals surface area contributed by atoms with Gasteiger partial charge >= 0.3 is 0 Å². The molecule has 0 amide bonds. The van der Waals surface area contributed by atoms with Crippen molar-refractivity contribution in [1.82, 2.24) is 9.55 Å². The number of hydrogen-bond donors (Lipinski definition) is 1. The fraction of sp³-hybridized carbons (Fsp3) is 0.167. The highest BCUT2D eigenvalue weighted by Gasteiger charge is 2.00. The number of nitrogens with zero attached hydrogens (tertiary/aromatic N) is 2. The number of nitrogens with one attached hydrogen (secondary N) is 1. The van der Waals surface area contributed by atoms with Crippen LogP contribution in [0.3, 0.4) is 0 Å². The number of imidazole rings is 1. The Labute approximate surface area is 88.9 Å². The van der Waals surface area contributed by atoms with Crippen molar-refractivity contribution in [3.8, 4) is 5.69 Å². The normalized spacial score (nSPS) is 10.3. The second-order valence-electron chi connectivity index (χ2n) is 3.52. The molecule has 3 heteroatoms. The number of benzene rings is 1. The zero-order valence-electron chi connectivity index (χ0n) is 8.86. The van der Waals surface area contributed by atoms with Gasteiger partial charge in [0.2, 0.25) is 0 Å². The van der Waals surface area contributed by atoms with Crippen LogP contribution < -0.4 is 0 Å². The molecule has 1 aromatic heterocycles. The zero-order chi connectivity index (χ0) is 10.8. The predicted octanol–water partition coefficient (Wildman–Crippen LogP) is 2.57. The first-order valence-electron chi connectivity index (χ1n) is 4.84. The first-order chi connectivity index (χ1) is 7.18. The molecule has 0 atom stereocenters. The molecule has 1 heterocycles. The Morgan fingerprint density at radius 2 is 1.93 bits per heavy atom. The average Bonchev–Trinajstić information content (AvgIpc) is 2.65. The van der Waals surface area contributed by atoms with Crippen molar-refractivity contribution >= 4 is 5.71 Å². The van der Waals surface area contributed by atoms with Gasteiger partial charge in [-0.3, -0.25) is 0 Å². The molecule has 0 spiro atoms. The zero-order valence-corrected chi connectivity index (χ0v) is 8.86. The van der Waals surface area contributed by atoms with Crippen LogP contribution in [0.5, 0.6) is 0 Å². The van der Waals surface area contributed by atoms with Crippen LogP contribution in [-0.2, 0) is 0 Å². The lowest BCUT2D eigenvalue weighted by molar-refractivity contribution is 0.975. The van der Waals surface area contributed by atoms with E-state index in [1.54, 1.807) is 13.1 Å². The summed E-state index contributed by atoms with van der Waals surface area (Å²) in [7, 11) is 0. The van der Waals surface area contributed by atoms with Gasteiger partial charge in [-0.05, 0) is 31.5 Å². The maximum absolute atomic E-state index is 7.50. The SMILES string of the molecule is CC(=N)c1ccc(-n2ccnc2C)cc1. The summed E-state index contributed by atoms with van der Waals surface area (Å²) < 4.78 is 2.02. The summed E-state index contributed by atoms with van der Waals surface area (Å²) in [4.78, 5) is 4.17. The highest BCUT2D eigenvalue weighted by Crippen LogP contribution is 2.11. The molecule has 76 valence electrons. The molecule has 0 bridgehead atoms. The van der Waals surface area contributed by atoms with Crippen molar-refractivity contribution in [2.75, 3.05) is 0 Å². The van der Waals surface area contributed by atoms with Gasteiger partial charge in [-0.2, -0.15) is 0 Å². The maximum atomic E-state index is 7.50. The van der Waals surface area contributed by atoms with Crippen LogP contribution in [0, 0.1) is 12.3 Å². The van der Waals surface area contributed by atoms with Gasteiger partial charge < -0.3 is 9.98 Å². The van der Waals surface area contributed by atoms with Crippen LogP contribution >= 0.6 is 0 Å². The van der Waals surface area contributed by atoms with Gasteiger partial charge in [0, 0.05) is 23.8 Å². The summed E-state index contributed by atoms with van der Waals surface area (Å²) in [5.74, 6) is 0.967. The molecule has 3 nitrogen and oxygen atoms in total. The third-order valence-electron chi connectivity index (χ3n) is 2.40. The fourth-order valence-electron chi connectivity index (χ4n) is 1.52. The molecule has 15 heavy (non-hydrogen) atoms.